The van der Waals surface area contributed by atoms with Gasteiger partial charge in [-0.05, 0) is 64.2 Å². The third kappa shape index (κ3) is 9.89. The van der Waals surface area contributed by atoms with Crippen LogP contribution in [0.3, 0.4) is 0 Å². The van der Waals surface area contributed by atoms with Crippen LogP contribution in [0.25, 0.3) is 0 Å². The summed E-state index contributed by atoms with van der Waals surface area (Å²) in [5.74, 6) is -0.514. The number of nitrogens with one attached hydrogen (secondary N) is 1. The minimum atomic E-state index is -0.804. The normalized spacial score (nSPS) is 26.5. The second-order valence-corrected chi connectivity index (χ2v) is 13.8. The maximum atomic E-state index is 12.2. The van der Waals surface area contributed by atoms with Crippen molar-refractivity contribution in [3.05, 3.63) is 0 Å². The number of hydrogen-bond acceptors (Lipinski definition) is 9. The van der Waals surface area contributed by atoms with Gasteiger partial charge in [0.2, 0.25) is 0 Å². The minimum Gasteiger partial charge on any atom is -1.00 e. The Kier molecular flexibility index (Phi) is 15.5. The molecule has 2 aliphatic carbocycles. The fourth-order valence-corrected chi connectivity index (χ4v) is 5.84. The van der Waals surface area contributed by atoms with E-state index < -0.39 is 41.4 Å². The number of rotatable bonds is 5. The molecule has 0 aromatic rings. The molecule has 2 saturated carbocycles. The Bertz CT molecular complexity index is 962. The van der Waals surface area contributed by atoms with Crippen LogP contribution in [0, 0.1) is 34.5 Å². The first kappa shape index (κ1) is 42.9. The summed E-state index contributed by atoms with van der Waals surface area (Å²) in [6, 6.07) is -1.30. The van der Waals surface area contributed by atoms with Crippen molar-refractivity contribution in [1.82, 2.24) is 10.2 Å². The second-order valence-electron chi connectivity index (χ2n) is 13.8. The summed E-state index contributed by atoms with van der Waals surface area (Å²) in [6.45, 7) is 19.4. The van der Waals surface area contributed by atoms with Crippen LogP contribution in [0.15, 0.2) is 0 Å². The van der Waals surface area contributed by atoms with E-state index in [1.807, 2.05) is 34.6 Å². The molecule has 0 spiro atoms. The predicted molar refractivity (Wildman–Crippen MR) is 149 cm³/mol. The van der Waals surface area contributed by atoms with Gasteiger partial charge in [0.15, 0.2) is 0 Å². The number of aliphatic hydroxyl groups is 1. The first-order valence-electron chi connectivity index (χ1n) is 13.4. The minimum absolute atomic E-state index is 0. The number of ether oxygens (including phenoxy) is 4. The van der Waals surface area contributed by atoms with Crippen LogP contribution in [-0.4, -0.2) is 84.8 Å². The molecule has 0 bridgehead atoms. The zero-order valence-electron chi connectivity index (χ0n) is 26.9. The quantitative estimate of drug-likeness (QED) is 0.144. The van der Waals surface area contributed by atoms with Gasteiger partial charge in [0.1, 0.15) is 23.3 Å². The topological polar surface area (TPSA) is 141 Å². The van der Waals surface area contributed by atoms with E-state index in [4.69, 9.17) is 18.9 Å². The van der Waals surface area contributed by atoms with E-state index in [0.717, 1.165) is 0 Å². The van der Waals surface area contributed by atoms with Crippen LogP contribution in [0.1, 0.15) is 76.7 Å². The molecule has 0 aromatic carbocycles. The van der Waals surface area contributed by atoms with Gasteiger partial charge in [0.25, 0.3) is 0 Å². The standard InChI is InChI=1S/C14H25NO5.C14H23NO4.CH4.HI.Li/c1-13(2,3)20-12(18)15-10(11(17)19-6)9-8(7-16)14(9,4)5;1-13(2,3)19-12(17)15-7-8-9(14(8,4)5)10(15)11(16)18-6;;;/h8-10,16H,7H2,1-6H3,(H,15,18);8-10H,7H2,1-6H3;1H4;1H;/q;;;;+1/p-1/t8-,9-,10?;8?,9-,10?;;;/m00.../s1. The molecule has 3 rings (SSSR count). The van der Waals surface area contributed by atoms with Gasteiger partial charge in [-0.1, -0.05) is 35.1 Å². The van der Waals surface area contributed by atoms with Crippen LogP contribution in [0.2, 0.25) is 0 Å². The van der Waals surface area contributed by atoms with E-state index in [2.05, 4.69) is 19.2 Å². The van der Waals surface area contributed by atoms with Crippen molar-refractivity contribution < 1.29 is 86.1 Å². The fraction of sp³-hybridized carbons (Fsp3) is 0.862. The largest absolute Gasteiger partial charge is 1.00 e. The fourth-order valence-electron chi connectivity index (χ4n) is 5.84. The van der Waals surface area contributed by atoms with Crippen molar-refractivity contribution in [1.29, 1.82) is 0 Å². The average molecular weight is 707 g/mol. The zero-order valence-corrected chi connectivity index (χ0v) is 29.1. The molecule has 3 fully saturated rings. The molecule has 6 atom stereocenters. The van der Waals surface area contributed by atoms with Crippen LogP contribution < -0.4 is 48.2 Å². The van der Waals surface area contributed by atoms with Crippen molar-refractivity contribution in [2.45, 2.75) is 99.9 Å². The summed E-state index contributed by atoms with van der Waals surface area (Å²) >= 11 is 0. The molecule has 1 saturated heterocycles. The Hall–Kier alpha value is -1.23. The van der Waals surface area contributed by atoms with E-state index in [1.54, 1.807) is 20.8 Å². The number of carbonyl (C=O) groups is 4. The summed E-state index contributed by atoms with van der Waals surface area (Å²) in [6.07, 6.45) is -1.09. The SMILES string of the molecule is C.COC(=O)C(NC(=O)OC(C)(C)C)[C@@H]1[C@H](CO)C1(C)C.COC(=O)C1[C@@H]2C(CN1C(=O)OC(C)(C)C)C2(C)C.[I-].[Li+]. The second kappa shape index (κ2) is 15.2. The number of carbonyl (C=O) groups excluding carboxylic acids is 4. The number of fused-ring (bicyclic) bond motifs is 1. The molecule has 0 radical (unpaired) electrons. The van der Waals surface area contributed by atoms with Crippen molar-refractivity contribution in [2.75, 3.05) is 27.4 Å². The molecule has 3 aliphatic rings. The molecule has 2 N–H and O–H groups in total. The van der Waals surface area contributed by atoms with Crippen molar-refractivity contribution in [2.24, 2.45) is 34.5 Å². The third-order valence-electron chi connectivity index (χ3n) is 8.10. The van der Waals surface area contributed by atoms with E-state index >= 15 is 0 Å². The molecule has 42 heavy (non-hydrogen) atoms. The number of halogens is 1. The van der Waals surface area contributed by atoms with Gasteiger partial charge >= 0.3 is 43.0 Å². The zero-order chi connectivity index (χ0) is 30.3. The Morgan fingerprint density at radius 3 is 1.81 bits per heavy atom. The van der Waals surface area contributed by atoms with Gasteiger partial charge in [0, 0.05) is 25.0 Å². The Balaban J connectivity index is 0. The van der Waals surface area contributed by atoms with E-state index in [9.17, 15) is 24.3 Å². The number of likely N-dealkylation sites (tertiary alicyclic amines) is 1. The van der Waals surface area contributed by atoms with Crippen molar-refractivity contribution >= 4 is 24.1 Å². The Morgan fingerprint density at radius 2 is 1.43 bits per heavy atom. The van der Waals surface area contributed by atoms with Crippen LogP contribution in [-0.2, 0) is 28.5 Å². The smallest absolute Gasteiger partial charge is 1.00 e. The van der Waals surface area contributed by atoms with Crippen LogP contribution in [0.5, 0.6) is 0 Å². The molecule has 2 amide bonds. The average Bonchev–Trinajstić information content (AvgIpc) is 3.39. The monoisotopic (exact) mass is 706 g/mol. The number of methoxy groups -OCH3 is 2. The van der Waals surface area contributed by atoms with Gasteiger partial charge in [-0.15, -0.1) is 0 Å². The van der Waals surface area contributed by atoms with Crippen molar-refractivity contribution in [3.63, 3.8) is 0 Å². The molecule has 13 heteroatoms. The third-order valence-corrected chi connectivity index (χ3v) is 8.10. The number of aliphatic hydroxyl groups excluding tert-OH is 1. The molecule has 0 aromatic heterocycles. The number of esters is 2. The molecule has 3 unspecified atom stereocenters. The first-order chi connectivity index (χ1) is 17.6. The van der Waals surface area contributed by atoms with Gasteiger partial charge in [-0.25, -0.2) is 19.2 Å². The van der Waals surface area contributed by atoms with E-state index in [0.29, 0.717) is 12.5 Å². The Morgan fingerprint density at radius 1 is 0.929 bits per heavy atom. The summed E-state index contributed by atoms with van der Waals surface area (Å²) in [7, 11) is 2.63. The number of alkyl carbamates (subject to hydrolysis) is 1. The predicted octanol–water partition coefficient (Wildman–Crippen LogP) is -1.99. The van der Waals surface area contributed by atoms with E-state index in [-0.39, 0.29) is 91.4 Å². The van der Waals surface area contributed by atoms with Gasteiger partial charge in [-0.2, -0.15) is 0 Å². The number of piperidine rings is 1. The number of hydrogen-bond donors (Lipinski definition) is 2. The van der Waals surface area contributed by atoms with Gasteiger partial charge < -0.3 is 53.3 Å². The van der Waals surface area contributed by atoms with Gasteiger partial charge in [0.05, 0.1) is 14.2 Å². The molecule has 1 heterocycles. The first-order valence-corrected chi connectivity index (χ1v) is 13.4. The summed E-state index contributed by atoms with van der Waals surface area (Å²) in [4.78, 5) is 49.3. The maximum absolute atomic E-state index is 12.2. The Labute approximate surface area is 281 Å². The van der Waals surface area contributed by atoms with Crippen LogP contribution >= 0.6 is 0 Å². The number of nitrogens with zero attached hydrogens (tertiary/aromatic N) is 1. The summed E-state index contributed by atoms with van der Waals surface area (Å²) < 4.78 is 20.1. The van der Waals surface area contributed by atoms with Gasteiger partial charge in [-0.3, -0.25) is 4.90 Å². The molecule has 1 aliphatic heterocycles. The molecule has 11 nitrogen and oxygen atoms in total. The van der Waals surface area contributed by atoms with Crippen LogP contribution in [0.4, 0.5) is 9.59 Å². The summed E-state index contributed by atoms with van der Waals surface area (Å²) in [5, 5.41) is 11.9. The van der Waals surface area contributed by atoms with E-state index in [1.165, 1.54) is 19.1 Å². The molecular weight excluding hydrogens is 654 g/mol. The maximum Gasteiger partial charge on any atom is 1.00 e. The summed E-state index contributed by atoms with van der Waals surface area (Å²) in [5.41, 5.74) is -1.31. The van der Waals surface area contributed by atoms with Crippen molar-refractivity contribution in [3.8, 4) is 0 Å². The molecule has 240 valence electrons. The molecular formula is C29H52ILiN2O9. The number of amides is 2.